The minimum absolute atomic E-state index is 0.288. The summed E-state index contributed by atoms with van der Waals surface area (Å²) in [7, 11) is 0. The summed E-state index contributed by atoms with van der Waals surface area (Å²) in [6.07, 6.45) is 5.63. The molecule has 3 rings (SSSR count). The highest BCUT2D eigenvalue weighted by atomic mass is 16.7. The summed E-state index contributed by atoms with van der Waals surface area (Å²) in [6.45, 7) is 7.82. The fourth-order valence-corrected chi connectivity index (χ4v) is 3.39. The van der Waals surface area contributed by atoms with Gasteiger partial charge in [0.2, 0.25) is 6.79 Å². The van der Waals surface area contributed by atoms with E-state index in [0.717, 1.165) is 41.9 Å². The number of nitrogens with one attached hydrogen (secondary N) is 1. The van der Waals surface area contributed by atoms with Crippen LogP contribution in [0, 0.1) is 11.3 Å². The summed E-state index contributed by atoms with van der Waals surface area (Å²) in [6, 6.07) is 5.93. The molecule has 1 N–H and O–H groups in total. The number of rotatable bonds is 5. The molecule has 1 aliphatic heterocycles. The summed E-state index contributed by atoms with van der Waals surface area (Å²) in [4.78, 5) is 12.2. The molecule has 4 nitrogen and oxygen atoms in total. The van der Waals surface area contributed by atoms with E-state index in [-0.39, 0.29) is 11.2 Å². The van der Waals surface area contributed by atoms with Gasteiger partial charge in [-0.3, -0.25) is 4.79 Å². The Morgan fingerprint density at radius 1 is 1.29 bits per heavy atom. The fraction of sp³-hybridized carbons (Fsp3) is 0.550. The highest BCUT2D eigenvalue weighted by Gasteiger charge is 2.33. The third kappa shape index (κ3) is 3.58. The molecule has 0 unspecified atom stereocenters. The van der Waals surface area contributed by atoms with Crippen molar-refractivity contribution in [3.05, 3.63) is 35.5 Å². The van der Waals surface area contributed by atoms with Gasteiger partial charge in [0.05, 0.1) is 0 Å². The quantitative estimate of drug-likeness (QED) is 0.823. The van der Waals surface area contributed by atoms with Crippen molar-refractivity contribution >= 4 is 5.78 Å². The van der Waals surface area contributed by atoms with E-state index >= 15 is 0 Å². The summed E-state index contributed by atoms with van der Waals surface area (Å²) in [5.41, 5.74) is 2.34. The highest BCUT2D eigenvalue weighted by molar-refractivity contribution is 5.96. The van der Waals surface area contributed by atoms with Crippen LogP contribution >= 0.6 is 0 Å². The lowest BCUT2D eigenvalue weighted by atomic mass is 9.68. The van der Waals surface area contributed by atoms with Crippen LogP contribution in [0.1, 0.15) is 52.0 Å². The monoisotopic (exact) mass is 329 g/mol. The van der Waals surface area contributed by atoms with Crippen LogP contribution in [0.3, 0.4) is 0 Å². The molecule has 1 fully saturated rings. The first kappa shape index (κ1) is 16.9. The standard InChI is InChI=1S/C20H27NO3/c1-4-20(2,3)16-6-7-17(22)15(10-16)12-21-11-14-5-8-18-19(9-14)24-13-23-18/h5,8-9,12,16,21H,4,6-7,10-11,13H2,1-3H3/b15-12+/t16-/m1/s1. The number of carbonyl (C=O) groups is 1. The van der Waals surface area contributed by atoms with Gasteiger partial charge in [-0.15, -0.1) is 0 Å². The van der Waals surface area contributed by atoms with Crippen LogP contribution in [0.2, 0.25) is 0 Å². The van der Waals surface area contributed by atoms with Gasteiger partial charge in [-0.05, 0) is 41.9 Å². The Morgan fingerprint density at radius 3 is 2.88 bits per heavy atom. The number of hydrogen-bond acceptors (Lipinski definition) is 4. The normalized spacial score (nSPS) is 22.0. The van der Waals surface area contributed by atoms with Crippen LogP contribution in [0.25, 0.3) is 0 Å². The van der Waals surface area contributed by atoms with E-state index in [2.05, 4.69) is 26.1 Å². The minimum Gasteiger partial charge on any atom is -0.454 e. The van der Waals surface area contributed by atoms with Gasteiger partial charge in [0, 0.05) is 24.7 Å². The van der Waals surface area contributed by atoms with E-state index in [1.54, 1.807) is 0 Å². The molecule has 2 aliphatic rings. The number of ether oxygens (including phenoxy) is 2. The van der Waals surface area contributed by atoms with Crippen LogP contribution in [0.15, 0.2) is 30.0 Å². The first-order valence-corrected chi connectivity index (χ1v) is 8.84. The van der Waals surface area contributed by atoms with Crippen LogP contribution in [-0.4, -0.2) is 12.6 Å². The number of fused-ring (bicyclic) bond motifs is 1. The third-order valence-electron chi connectivity index (χ3n) is 5.58. The van der Waals surface area contributed by atoms with Crippen LogP contribution in [-0.2, 0) is 11.3 Å². The Morgan fingerprint density at radius 2 is 2.08 bits per heavy atom. The molecule has 0 saturated heterocycles. The number of allylic oxidation sites excluding steroid dienone is 1. The van der Waals surface area contributed by atoms with Crippen molar-refractivity contribution in [2.24, 2.45) is 11.3 Å². The molecule has 130 valence electrons. The van der Waals surface area contributed by atoms with Gasteiger partial charge in [0.1, 0.15) is 0 Å². The lowest BCUT2D eigenvalue weighted by Crippen LogP contribution is -2.30. The largest absolute Gasteiger partial charge is 0.454 e. The summed E-state index contributed by atoms with van der Waals surface area (Å²) in [5.74, 6) is 2.46. The Labute approximate surface area is 144 Å². The molecule has 4 heteroatoms. The maximum atomic E-state index is 12.2. The number of ketones is 1. The zero-order chi connectivity index (χ0) is 17.2. The zero-order valence-corrected chi connectivity index (χ0v) is 14.9. The Balaban J connectivity index is 1.61. The summed E-state index contributed by atoms with van der Waals surface area (Å²) >= 11 is 0. The van der Waals surface area contributed by atoms with Gasteiger partial charge in [0.15, 0.2) is 17.3 Å². The van der Waals surface area contributed by atoms with Crippen molar-refractivity contribution in [3.8, 4) is 11.5 Å². The molecule has 0 bridgehead atoms. The highest BCUT2D eigenvalue weighted by Crippen LogP contribution is 2.41. The molecular formula is C20H27NO3. The number of benzene rings is 1. The van der Waals surface area contributed by atoms with Gasteiger partial charge in [-0.25, -0.2) is 0 Å². The lowest BCUT2D eigenvalue weighted by molar-refractivity contribution is -0.117. The molecule has 1 aromatic carbocycles. The second-order valence-electron chi connectivity index (χ2n) is 7.44. The molecule has 1 heterocycles. The summed E-state index contributed by atoms with van der Waals surface area (Å²) < 4.78 is 10.7. The van der Waals surface area contributed by atoms with Crippen molar-refractivity contribution < 1.29 is 14.3 Å². The maximum absolute atomic E-state index is 12.2. The van der Waals surface area contributed by atoms with E-state index < -0.39 is 0 Å². The van der Waals surface area contributed by atoms with Crippen molar-refractivity contribution in [1.29, 1.82) is 0 Å². The Kier molecular flexibility index (Phi) is 4.83. The molecule has 1 saturated carbocycles. The predicted octanol–water partition coefficient (Wildman–Crippen LogP) is 4.19. The molecule has 0 amide bonds. The average molecular weight is 329 g/mol. The second kappa shape index (κ2) is 6.88. The van der Waals surface area contributed by atoms with E-state index in [4.69, 9.17) is 9.47 Å². The predicted molar refractivity (Wildman–Crippen MR) is 93.9 cm³/mol. The van der Waals surface area contributed by atoms with E-state index in [1.807, 2.05) is 24.4 Å². The summed E-state index contributed by atoms with van der Waals surface area (Å²) in [5, 5.41) is 3.30. The van der Waals surface area contributed by atoms with E-state index in [9.17, 15) is 4.79 Å². The van der Waals surface area contributed by atoms with Gasteiger partial charge in [0.25, 0.3) is 0 Å². The molecule has 1 aromatic rings. The topological polar surface area (TPSA) is 47.6 Å². The zero-order valence-electron chi connectivity index (χ0n) is 14.9. The number of carbonyl (C=O) groups excluding carboxylic acids is 1. The van der Waals surface area contributed by atoms with Crippen molar-refractivity contribution in [1.82, 2.24) is 5.32 Å². The average Bonchev–Trinajstić information content (AvgIpc) is 3.04. The van der Waals surface area contributed by atoms with Gasteiger partial charge in [-0.1, -0.05) is 33.3 Å². The number of hydrogen-bond donors (Lipinski definition) is 1. The first-order valence-electron chi connectivity index (χ1n) is 8.84. The number of Topliss-reactive ketones (excluding diaryl/α,β-unsaturated/α-hetero) is 1. The fourth-order valence-electron chi connectivity index (χ4n) is 3.39. The first-order chi connectivity index (χ1) is 11.5. The second-order valence-corrected chi connectivity index (χ2v) is 7.44. The SMILES string of the molecule is CCC(C)(C)[C@@H]1CCC(=O)/C(=C/NCc2ccc3c(c2)OCO3)C1. The molecule has 1 aliphatic carbocycles. The Bertz CT molecular complexity index is 648. The molecule has 1 atom stereocenters. The van der Waals surface area contributed by atoms with Gasteiger partial charge >= 0.3 is 0 Å². The van der Waals surface area contributed by atoms with Crippen LogP contribution in [0.4, 0.5) is 0 Å². The minimum atomic E-state index is 0.288. The molecular weight excluding hydrogens is 302 g/mol. The maximum Gasteiger partial charge on any atom is 0.231 e. The van der Waals surface area contributed by atoms with Crippen molar-refractivity contribution in [3.63, 3.8) is 0 Å². The molecule has 0 radical (unpaired) electrons. The molecule has 0 spiro atoms. The van der Waals surface area contributed by atoms with Crippen molar-refractivity contribution in [2.45, 2.75) is 53.0 Å². The van der Waals surface area contributed by atoms with E-state index in [0.29, 0.717) is 25.7 Å². The Hall–Kier alpha value is -1.97. The third-order valence-corrected chi connectivity index (χ3v) is 5.58. The van der Waals surface area contributed by atoms with Crippen molar-refractivity contribution in [2.75, 3.05) is 6.79 Å². The van der Waals surface area contributed by atoms with Crippen LogP contribution in [0.5, 0.6) is 11.5 Å². The smallest absolute Gasteiger partial charge is 0.231 e. The lowest BCUT2D eigenvalue weighted by Gasteiger charge is -2.36. The van der Waals surface area contributed by atoms with Gasteiger partial charge in [-0.2, -0.15) is 0 Å². The van der Waals surface area contributed by atoms with Crippen LogP contribution < -0.4 is 14.8 Å². The van der Waals surface area contributed by atoms with E-state index in [1.165, 1.54) is 0 Å². The molecule has 0 aromatic heterocycles. The van der Waals surface area contributed by atoms with Gasteiger partial charge < -0.3 is 14.8 Å². The molecule has 24 heavy (non-hydrogen) atoms.